The van der Waals surface area contributed by atoms with Crippen LogP contribution in [0.5, 0.6) is 0 Å². The molecule has 0 saturated heterocycles. The molecular weight excluding hydrogens is 206 g/mol. The molecule has 1 rings (SSSR count). The normalized spacial score (nSPS) is 12.1. The molecule has 2 N–H and O–H groups in total. The number of carbonyl (C=O) groups is 1. The number of anilines is 1. The van der Waals surface area contributed by atoms with Crippen LogP contribution < -0.4 is 5.32 Å². The smallest absolute Gasteiger partial charge is 0.326 e. The molecule has 5 nitrogen and oxygen atoms in total. The minimum atomic E-state index is -0.849. The quantitative estimate of drug-likeness (QED) is 0.767. The molecule has 0 spiro atoms. The van der Waals surface area contributed by atoms with Gasteiger partial charge in [-0.3, -0.25) is 0 Å². The van der Waals surface area contributed by atoms with Gasteiger partial charge in [-0.1, -0.05) is 20.3 Å². The van der Waals surface area contributed by atoms with Crippen molar-refractivity contribution < 1.29 is 9.90 Å². The first-order chi connectivity index (χ1) is 7.67. The molecule has 16 heavy (non-hydrogen) atoms. The zero-order valence-electron chi connectivity index (χ0n) is 9.60. The Bertz CT molecular complexity index is 355. The summed E-state index contributed by atoms with van der Waals surface area (Å²) in [7, 11) is 0. The van der Waals surface area contributed by atoms with Crippen LogP contribution in [0.1, 0.15) is 32.4 Å². The van der Waals surface area contributed by atoms with Crippen molar-refractivity contribution in [1.29, 1.82) is 0 Å². The number of aryl methyl sites for hydroxylation is 1. The van der Waals surface area contributed by atoms with Crippen molar-refractivity contribution >= 4 is 11.8 Å². The largest absolute Gasteiger partial charge is 0.480 e. The van der Waals surface area contributed by atoms with Crippen LogP contribution in [0.15, 0.2) is 12.4 Å². The van der Waals surface area contributed by atoms with Crippen LogP contribution >= 0.6 is 0 Å². The monoisotopic (exact) mass is 223 g/mol. The van der Waals surface area contributed by atoms with Gasteiger partial charge < -0.3 is 10.4 Å². The summed E-state index contributed by atoms with van der Waals surface area (Å²) in [5.74, 6) is -0.272. The van der Waals surface area contributed by atoms with E-state index < -0.39 is 12.0 Å². The highest BCUT2D eigenvalue weighted by Gasteiger charge is 2.16. The molecule has 0 bridgehead atoms. The van der Waals surface area contributed by atoms with E-state index in [1.165, 1.54) is 6.33 Å². The zero-order chi connectivity index (χ0) is 12.0. The number of rotatable bonds is 6. The van der Waals surface area contributed by atoms with Crippen LogP contribution in [0.25, 0.3) is 0 Å². The van der Waals surface area contributed by atoms with Crippen LogP contribution in [-0.2, 0) is 11.2 Å². The van der Waals surface area contributed by atoms with E-state index in [1.807, 2.05) is 13.8 Å². The topological polar surface area (TPSA) is 75.1 Å². The van der Waals surface area contributed by atoms with Crippen molar-refractivity contribution in [2.24, 2.45) is 0 Å². The number of aromatic nitrogens is 2. The van der Waals surface area contributed by atoms with Crippen molar-refractivity contribution in [2.45, 2.75) is 39.2 Å². The van der Waals surface area contributed by atoms with Gasteiger partial charge >= 0.3 is 5.97 Å². The maximum Gasteiger partial charge on any atom is 0.326 e. The van der Waals surface area contributed by atoms with E-state index in [2.05, 4.69) is 15.3 Å². The van der Waals surface area contributed by atoms with Gasteiger partial charge in [0.2, 0.25) is 0 Å². The molecule has 1 unspecified atom stereocenters. The lowest BCUT2D eigenvalue weighted by molar-refractivity contribution is -0.138. The lowest BCUT2D eigenvalue weighted by Gasteiger charge is -2.14. The van der Waals surface area contributed by atoms with Crippen molar-refractivity contribution in [1.82, 2.24) is 9.97 Å². The second-order valence-electron chi connectivity index (χ2n) is 3.57. The molecule has 88 valence electrons. The van der Waals surface area contributed by atoms with Gasteiger partial charge in [0.1, 0.15) is 18.2 Å². The molecule has 1 aromatic heterocycles. The van der Waals surface area contributed by atoms with Gasteiger partial charge in [-0.15, -0.1) is 0 Å². The molecule has 1 aromatic rings. The molecular formula is C11H17N3O2. The number of carboxylic acid groups (broad SMARTS) is 1. The molecule has 0 amide bonds. The number of hydrogen-bond donors (Lipinski definition) is 2. The van der Waals surface area contributed by atoms with Gasteiger partial charge in [0.15, 0.2) is 0 Å². The van der Waals surface area contributed by atoms with Crippen molar-refractivity contribution in [2.75, 3.05) is 5.32 Å². The lowest BCUT2D eigenvalue weighted by Crippen LogP contribution is -2.29. The molecule has 0 aliphatic carbocycles. The molecule has 0 fully saturated rings. The number of hydrogen-bond acceptors (Lipinski definition) is 4. The van der Waals surface area contributed by atoms with Gasteiger partial charge in [0, 0.05) is 11.8 Å². The maximum atomic E-state index is 10.9. The minimum absolute atomic E-state index is 0.577. The fourth-order valence-electron chi connectivity index (χ4n) is 1.39. The third-order valence-corrected chi connectivity index (χ3v) is 2.28. The summed E-state index contributed by atoms with van der Waals surface area (Å²) >= 11 is 0. The van der Waals surface area contributed by atoms with Crippen LogP contribution in [0.2, 0.25) is 0 Å². The van der Waals surface area contributed by atoms with E-state index in [0.29, 0.717) is 12.2 Å². The van der Waals surface area contributed by atoms with Crippen LogP contribution in [-0.4, -0.2) is 27.1 Å². The van der Waals surface area contributed by atoms with Crippen molar-refractivity contribution in [3.8, 4) is 0 Å². The summed E-state index contributed by atoms with van der Waals surface area (Å²) in [6, 6.07) is 1.20. The van der Waals surface area contributed by atoms with Crippen LogP contribution in [0.3, 0.4) is 0 Å². The number of aliphatic carboxylic acids is 1. The Hall–Kier alpha value is -1.65. The first-order valence-electron chi connectivity index (χ1n) is 5.47. The average molecular weight is 223 g/mol. The van der Waals surface area contributed by atoms with Gasteiger partial charge in [0.05, 0.1) is 0 Å². The third kappa shape index (κ3) is 3.49. The molecule has 1 heterocycles. The van der Waals surface area contributed by atoms with E-state index in [1.54, 1.807) is 6.07 Å². The standard InChI is InChI=1S/C11H17N3O2/c1-3-5-9(11(15)16)14-10-6-8(4-2)12-7-13-10/h6-7,9H,3-5H2,1-2H3,(H,15,16)(H,12,13,14). The highest BCUT2D eigenvalue weighted by atomic mass is 16.4. The molecule has 0 saturated carbocycles. The summed E-state index contributed by atoms with van der Waals surface area (Å²) in [4.78, 5) is 19.0. The molecule has 0 aromatic carbocycles. The summed E-state index contributed by atoms with van der Waals surface area (Å²) in [5.41, 5.74) is 0.901. The Morgan fingerprint density at radius 3 is 2.81 bits per heavy atom. The second-order valence-corrected chi connectivity index (χ2v) is 3.57. The Labute approximate surface area is 94.9 Å². The number of nitrogens with zero attached hydrogens (tertiary/aromatic N) is 2. The highest BCUT2D eigenvalue weighted by Crippen LogP contribution is 2.09. The average Bonchev–Trinajstić information content (AvgIpc) is 2.28. The van der Waals surface area contributed by atoms with Gasteiger partial charge in [0.25, 0.3) is 0 Å². The molecule has 0 radical (unpaired) electrons. The SMILES string of the molecule is CCCC(Nc1cc(CC)ncn1)C(=O)O. The summed E-state index contributed by atoms with van der Waals surface area (Å²) < 4.78 is 0. The number of nitrogens with one attached hydrogen (secondary N) is 1. The lowest BCUT2D eigenvalue weighted by atomic mass is 10.1. The fourth-order valence-corrected chi connectivity index (χ4v) is 1.39. The first-order valence-corrected chi connectivity index (χ1v) is 5.47. The predicted molar refractivity (Wildman–Crippen MR) is 61.4 cm³/mol. The highest BCUT2D eigenvalue weighted by molar-refractivity contribution is 5.76. The van der Waals surface area contributed by atoms with E-state index in [4.69, 9.17) is 5.11 Å². The van der Waals surface area contributed by atoms with E-state index in [-0.39, 0.29) is 0 Å². The van der Waals surface area contributed by atoms with Crippen molar-refractivity contribution in [3.05, 3.63) is 18.1 Å². The number of carboxylic acids is 1. The van der Waals surface area contributed by atoms with Gasteiger partial charge in [-0.05, 0) is 12.8 Å². The van der Waals surface area contributed by atoms with Crippen LogP contribution in [0.4, 0.5) is 5.82 Å². The van der Waals surface area contributed by atoms with E-state index in [0.717, 1.165) is 18.5 Å². The Kier molecular flexibility index (Phi) is 4.69. The first kappa shape index (κ1) is 12.4. The summed E-state index contributed by atoms with van der Waals surface area (Å²) in [6.07, 6.45) is 3.66. The zero-order valence-corrected chi connectivity index (χ0v) is 9.60. The van der Waals surface area contributed by atoms with Gasteiger partial charge in [-0.25, -0.2) is 14.8 Å². The fraction of sp³-hybridized carbons (Fsp3) is 0.545. The Morgan fingerprint density at radius 2 is 2.25 bits per heavy atom. The minimum Gasteiger partial charge on any atom is -0.480 e. The Morgan fingerprint density at radius 1 is 1.50 bits per heavy atom. The molecule has 1 atom stereocenters. The third-order valence-electron chi connectivity index (χ3n) is 2.28. The van der Waals surface area contributed by atoms with E-state index in [9.17, 15) is 4.79 Å². The van der Waals surface area contributed by atoms with Crippen molar-refractivity contribution in [3.63, 3.8) is 0 Å². The molecule has 0 aliphatic heterocycles. The summed E-state index contributed by atoms with van der Waals surface area (Å²) in [5, 5.41) is 11.9. The summed E-state index contributed by atoms with van der Waals surface area (Å²) in [6.45, 7) is 3.95. The van der Waals surface area contributed by atoms with E-state index >= 15 is 0 Å². The second kappa shape index (κ2) is 6.05. The molecule has 5 heteroatoms. The van der Waals surface area contributed by atoms with Crippen LogP contribution in [0, 0.1) is 0 Å². The molecule has 0 aliphatic rings. The predicted octanol–water partition coefficient (Wildman–Crippen LogP) is 1.70. The Balaban J connectivity index is 2.72. The van der Waals surface area contributed by atoms with Gasteiger partial charge in [-0.2, -0.15) is 0 Å². The maximum absolute atomic E-state index is 10.9.